The van der Waals surface area contributed by atoms with Crippen molar-refractivity contribution in [1.29, 1.82) is 0 Å². The summed E-state index contributed by atoms with van der Waals surface area (Å²) in [5.41, 5.74) is 3.10. The van der Waals surface area contributed by atoms with Crippen molar-refractivity contribution in [3.8, 4) is 0 Å². The van der Waals surface area contributed by atoms with Crippen LogP contribution in [-0.4, -0.2) is 25.7 Å². The first-order chi connectivity index (χ1) is 11.1. The van der Waals surface area contributed by atoms with Gasteiger partial charge in [0.1, 0.15) is 5.82 Å². The molecule has 1 N–H and O–H groups in total. The summed E-state index contributed by atoms with van der Waals surface area (Å²) >= 11 is 0. The van der Waals surface area contributed by atoms with Crippen molar-refractivity contribution in [3.05, 3.63) is 53.6 Å². The topological polar surface area (TPSA) is 64.3 Å². The minimum absolute atomic E-state index is 0.213. The summed E-state index contributed by atoms with van der Waals surface area (Å²) in [5.74, 6) is 1.57. The third-order valence-corrected chi connectivity index (χ3v) is 3.63. The molecule has 23 heavy (non-hydrogen) atoms. The third kappa shape index (κ3) is 3.48. The maximum atomic E-state index is 5.72. The number of ether oxygens (including phenoxy) is 1. The maximum absolute atomic E-state index is 5.72. The van der Waals surface area contributed by atoms with Crippen LogP contribution < -0.4 is 5.32 Å². The van der Waals surface area contributed by atoms with Crippen molar-refractivity contribution in [3.63, 3.8) is 0 Å². The van der Waals surface area contributed by atoms with E-state index >= 15 is 0 Å². The molecule has 0 radical (unpaired) electrons. The molecule has 0 bridgehead atoms. The van der Waals surface area contributed by atoms with Crippen molar-refractivity contribution in [1.82, 2.24) is 19.6 Å². The van der Waals surface area contributed by atoms with Crippen molar-refractivity contribution in [2.45, 2.75) is 40.0 Å². The summed E-state index contributed by atoms with van der Waals surface area (Å²) in [6, 6.07) is 8.25. The van der Waals surface area contributed by atoms with Gasteiger partial charge in [0.25, 0.3) is 0 Å². The summed E-state index contributed by atoms with van der Waals surface area (Å²) in [6.45, 7) is 7.27. The first kappa shape index (κ1) is 15.4. The second-order valence-corrected chi connectivity index (χ2v) is 5.70. The third-order valence-electron chi connectivity index (χ3n) is 3.63. The Morgan fingerprint density at radius 2 is 1.96 bits per heavy atom. The molecule has 0 saturated heterocycles. The molecule has 6 nitrogen and oxygen atoms in total. The predicted molar refractivity (Wildman–Crippen MR) is 89.2 cm³/mol. The molecule has 0 aliphatic rings. The highest BCUT2D eigenvalue weighted by Crippen LogP contribution is 2.16. The number of aryl methyl sites for hydroxylation is 1. The zero-order chi connectivity index (χ0) is 16.2. The Labute approximate surface area is 135 Å². The Hall–Kier alpha value is -2.47. The highest BCUT2D eigenvalue weighted by molar-refractivity contribution is 5.62. The average molecular weight is 311 g/mol. The molecule has 0 atom stereocenters. The minimum Gasteiger partial charge on any atom is -0.374 e. The first-order valence-electron chi connectivity index (χ1n) is 7.73. The summed E-state index contributed by atoms with van der Waals surface area (Å²) < 4.78 is 7.64. The van der Waals surface area contributed by atoms with Gasteiger partial charge in [0.15, 0.2) is 5.82 Å². The Morgan fingerprint density at radius 1 is 1.17 bits per heavy atom. The lowest BCUT2D eigenvalue weighted by Gasteiger charge is -2.13. The SMILES string of the molecule is Cc1nnc2c(NCc3ccccc3COC(C)C)nccn12. The Kier molecular flexibility index (Phi) is 4.52. The Balaban J connectivity index is 1.77. The number of nitrogens with one attached hydrogen (secondary N) is 1. The largest absolute Gasteiger partial charge is 0.374 e. The quantitative estimate of drug-likeness (QED) is 0.758. The monoisotopic (exact) mass is 311 g/mol. The maximum Gasteiger partial charge on any atom is 0.203 e. The van der Waals surface area contributed by atoms with E-state index in [1.165, 1.54) is 11.1 Å². The van der Waals surface area contributed by atoms with Crippen molar-refractivity contribution in [2.24, 2.45) is 0 Å². The normalized spacial score (nSPS) is 11.3. The molecular formula is C17H21N5O. The van der Waals surface area contributed by atoms with Crippen LogP contribution in [0.3, 0.4) is 0 Å². The molecule has 0 fully saturated rings. The van der Waals surface area contributed by atoms with Crippen molar-refractivity contribution >= 4 is 11.5 Å². The summed E-state index contributed by atoms with van der Waals surface area (Å²) in [7, 11) is 0. The second kappa shape index (κ2) is 6.75. The van der Waals surface area contributed by atoms with Gasteiger partial charge in [-0.3, -0.25) is 4.40 Å². The van der Waals surface area contributed by atoms with E-state index in [4.69, 9.17) is 4.74 Å². The van der Waals surface area contributed by atoms with E-state index in [9.17, 15) is 0 Å². The van der Waals surface area contributed by atoms with Gasteiger partial charge in [0.2, 0.25) is 5.65 Å². The number of benzene rings is 1. The van der Waals surface area contributed by atoms with E-state index in [-0.39, 0.29) is 6.10 Å². The average Bonchev–Trinajstić information content (AvgIpc) is 2.94. The smallest absolute Gasteiger partial charge is 0.203 e. The molecule has 0 amide bonds. The molecule has 2 aromatic heterocycles. The summed E-state index contributed by atoms with van der Waals surface area (Å²) in [5, 5.41) is 11.6. The number of aromatic nitrogens is 4. The molecule has 1 aromatic carbocycles. The molecule has 0 aliphatic heterocycles. The van der Waals surface area contributed by atoms with E-state index in [1.54, 1.807) is 6.20 Å². The zero-order valence-corrected chi connectivity index (χ0v) is 13.7. The molecule has 6 heteroatoms. The van der Waals surface area contributed by atoms with Gasteiger partial charge in [-0.1, -0.05) is 24.3 Å². The van der Waals surface area contributed by atoms with E-state index in [0.29, 0.717) is 13.2 Å². The fraction of sp³-hybridized carbons (Fsp3) is 0.353. The van der Waals surface area contributed by atoms with E-state index in [2.05, 4.69) is 32.6 Å². The predicted octanol–water partition coefficient (Wildman–Crippen LogP) is 2.97. The molecule has 0 unspecified atom stereocenters. The van der Waals surface area contributed by atoms with Crippen LogP contribution in [-0.2, 0) is 17.9 Å². The number of hydrogen-bond donors (Lipinski definition) is 1. The number of anilines is 1. The number of nitrogens with zero attached hydrogens (tertiary/aromatic N) is 4. The highest BCUT2D eigenvalue weighted by atomic mass is 16.5. The van der Waals surface area contributed by atoms with Gasteiger partial charge in [-0.2, -0.15) is 0 Å². The van der Waals surface area contributed by atoms with Crippen molar-refractivity contribution in [2.75, 3.05) is 5.32 Å². The minimum atomic E-state index is 0.213. The van der Waals surface area contributed by atoms with E-state index in [0.717, 1.165) is 17.3 Å². The standard InChI is InChI=1S/C17H21N5O/c1-12(2)23-11-15-7-5-4-6-14(15)10-19-16-17-21-20-13(3)22(17)9-8-18-16/h4-9,12H,10-11H2,1-3H3,(H,18,19). The molecule has 3 rings (SSSR count). The van der Waals surface area contributed by atoms with Crippen LogP contribution in [0.2, 0.25) is 0 Å². The molecule has 2 heterocycles. The van der Waals surface area contributed by atoms with E-state index < -0.39 is 0 Å². The Morgan fingerprint density at radius 3 is 2.74 bits per heavy atom. The van der Waals surface area contributed by atoms with Crippen molar-refractivity contribution < 1.29 is 4.74 Å². The zero-order valence-electron chi connectivity index (χ0n) is 13.7. The van der Waals surface area contributed by atoms with Crippen LogP contribution in [0.15, 0.2) is 36.7 Å². The number of fused-ring (bicyclic) bond motifs is 1. The number of hydrogen-bond acceptors (Lipinski definition) is 5. The van der Waals surface area contributed by atoms with Gasteiger partial charge < -0.3 is 10.1 Å². The fourth-order valence-electron chi connectivity index (χ4n) is 2.37. The molecule has 0 spiro atoms. The first-order valence-corrected chi connectivity index (χ1v) is 7.73. The van der Waals surface area contributed by atoms with E-state index in [1.807, 2.05) is 43.5 Å². The number of rotatable bonds is 6. The molecule has 3 aromatic rings. The summed E-state index contributed by atoms with van der Waals surface area (Å²) in [6.07, 6.45) is 3.82. The summed E-state index contributed by atoms with van der Waals surface area (Å²) in [4.78, 5) is 4.37. The lowest BCUT2D eigenvalue weighted by molar-refractivity contribution is 0.0653. The van der Waals surface area contributed by atoms with Crippen LogP contribution in [0.1, 0.15) is 30.8 Å². The lowest BCUT2D eigenvalue weighted by Crippen LogP contribution is -2.08. The van der Waals surface area contributed by atoms with Gasteiger partial charge in [0, 0.05) is 18.9 Å². The van der Waals surface area contributed by atoms with Gasteiger partial charge in [0.05, 0.1) is 12.7 Å². The van der Waals surface area contributed by atoms with Crippen LogP contribution in [0.5, 0.6) is 0 Å². The molecule has 0 saturated carbocycles. The van der Waals surface area contributed by atoms with Gasteiger partial charge in [-0.05, 0) is 31.9 Å². The van der Waals surface area contributed by atoms with Crippen LogP contribution in [0.25, 0.3) is 5.65 Å². The fourth-order valence-corrected chi connectivity index (χ4v) is 2.37. The molecular weight excluding hydrogens is 290 g/mol. The van der Waals surface area contributed by atoms with Crippen LogP contribution in [0.4, 0.5) is 5.82 Å². The Bertz CT molecular complexity index is 797. The van der Waals surface area contributed by atoms with Gasteiger partial charge >= 0.3 is 0 Å². The second-order valence-electron chi connectivity index (χ2n) is 5.70. The molecule has 120 valence electrons. The van der Waals surface area contributed by atoms with Gasteiger partial charge in [-0.25, -0.2) is 4.98 Å². The van der Waals surface area contributed by atoms with Gasteiger partial charge in [-0.15, -0.1) is 10.2 Å². The van der Waals surface area contributed by atoms with Crippen LogP contribution >= 0.6 is 0 Å². The molecule has 0 aliphatic carbocycles. The highest BCUT2D eigenvalue weighted by Gasteiger charge is 2.09. The lowest BCUT2D eigenvalue weighted by atomic mass is 10.1. The van der Waals surface area contributed by atoms with Crippen LogP contribution in [0, 0.1) is 6.92 Å².